The highest BCUT2D eigenvalue weighted by Gasteiger charge is 2.11. The number of thiazole rings is 2. The minimum Gasteiger partial charge on any atom is -0.480 e. The Morgan fingerprint density at radius 1 is 0.750 bits per heavy atom. The zero-order chi connectivity index (χ0) is 17.7. The average molecular weight is 354 g/mol. The predicted octanol–water partition coefficient (Wildman–Crippen LogP) is 0.299. The van der Waals surface area contributed by atoms with Crippen LogP contribution in [0.4, 0.5) is 0 Å². The smallest absolute Gasteiger partial charge is 0.234 e. The fourth-order valence-corrected chi connectivity index (χ4v) is 3.62. The lowest BCUT2D eigenvalue weighted by Gasteiger charge is -1.89. The summed E-state index contributed by atoms with van der Waals surface area (Å²) in [5, 5.41) is 36.0. The van der Waals surface area contributed by atoms with Gasteiger partial charge in [0.25, 0.3) is 0 Å². The Bertz CT molecular complexity index is 1050. The van der Waals surface area contributed by atoms with Crippen LogP contribution in [0.2, 0.25) is 0 Å². The predicted molar refractivity (Wildman–Crippen MR) is 83.5 cm³/mol. The van der Waals surface area contributed by atoms with Crippen molar-refractivity contribution in [2.75, 3.05) is 14.2 Å². The van der Waals surface area contributed by atoms with Crippen molar-refractivity contribution in [3.8, 4) is 36.0 Å². The summed E-state index contributed by atoms with van der Waals surface area (Å²) in [7, 11) is 2.75. The minimum absolute atomic E-state index is 0.124. The van der Waals surface area contributed by atoms with Crippen molar-refractivity contribution in [1.82, 2.24) is 9.97 Å². The van der Waals surface area contributed by atoms with Gasteiger partial charge in [0.15, 0.2) is 20.5 Å². The molecular weight excluding hydrogens is 348 g/mol. The molecule has 24 heavy (non-hydrogen) atoms. The second kappa shape index (κ2) is 7.21. The van der Waals surface area contributed by atoms with E-state index in [0.29, 0.717) is 9.33 Å². The van der Waals surface area contributed by atoms with Crippen LogP contribution in [0.3, 0.4) is 0 Å². The second-order valence-electron chi connectivity index (χ2n) is 3.91. The van der Waals surface area contributed by atoms with Gasteiger partial charge in [-0.25, -0.2) is 0 Å². The van der Waals surface area contributed by atoms with E-state index in [2.05, 4.69) is 9.97 Å². The first kappa shape index (κ1) is 16.9. The molecule has 0 saturated carbocycles. The summed E-state index contributed by atoms with van der Waals surface area (Å²) in [6, 6.07) is 7.14. The van der Waals surface area contributed by atoms with Crippen LogP contribution < -0.4 is 18.5 Å². The minimum atomic E-state index is -0.124. The molecule has 0 atom stereocenters. The Morgan fingerprint density at radius 2 is 1.08 bits per heavy atom. The van der Waals surface area contributed by atoms with Gasteiger partial charge in [0, 0.05) is 0 Å². The van der Waals surface area contributed by atoms with Gasteiger partial charge >= 0.3 is 0 Å². The third-order valence-electron chi connectivity index (χ3n) is 2.66. The molecule has 0 spiro atoms. The van der Waals surface area contributed by atoms with E-state index in [1.54, 1.807) is 24.3 Å². The quantitative estimate of drug-likeness (QED) is 0.750. The van der Waals surface area contributed by atoms with Crippen LogP contribution in [-0.4, -0.2) is 24.2 Å². The van der Waals surface area contributed by atoms with Crippen molar-refractivity contribution in [2.24, 2.45) is 0 Å². The lowest BCUT2D eigenvalue weighted by Crippen LogP contribution is -2.02. The fraction of sp³-hybridized carbons (Fsp3) is 0.143. The molecule has 0 aliphatic rings. The van der Waals surface area contributed by atoms with Crippen LogP contribution >= 0.6 is 22.7 Å². The van der Waals surface area contributed by atoms with E-state index in [1.165, 1.54) is 14.2 Å². The van der Waals surface area contributed by atoms with Crippen molar-refractivity contribution in [1.29, 1.82) is 21.0 Å². The maximum absolute atomic E-state index is 9.01. The Hall–Kier alpha value is -3.44. The lowest BCUT2D eigenvalue weighted by molar-refractivity contribution is 0.395. The normalized spacial score (nSPS) is 10.6. The molecule has 0 radical (unpaired) electrons. The lowest BCUT2D eigenvalue weighted by atomic mass is 10.3. The molecule has 2 heterocycles. The van der Waals surface area contributed by atoms with E-state index >= 15 is 0 Å². The van der Waals surface area contributed by atoms with Gasteiger partial charge in [-0.15, -0.1) is 22.7 Å². The molecule has 2 aromatic heterocycles. The maximum atomic E-state index is 9.01. The van der Waals surface area contributed by atoms with E-state index < -0.39 is 0 Å². The number of nitrogens with zero attached hydrogens (tertiary/aromatic N) is 6. The first-order valence-electron chi connectivity index (χ1n) is 6.08. The molecule has 0 bridgehead atoms. The van der Waals surface area contributed by atoms with Gasteiger partial charge in [-0.1, -0.05) is 0 Å². The maximum Gasteiger partial charge on any atom is 0.234 e. The van der Waals surface area contributed by atoms with Crippen molar-refractivity contribution in [3.05, 3.63) is 18.4 Å². The highest BCUT2D eigenvalue weighted by molar-refractivity contribution is 7.11. The molecule has 10 heteroatoms. The fourth-order valence-electron chi connectivity index (χ4n) is 1.64. The third-order valence-corrected chi connectivity index (χ3v) is 4.91. The van der Waals surface area contributed by atoms with Gasteiger partial charge in [0.2, 0.25) is 11.8 Å². The van der Waals surface area contributed by atoms with Gasteiger partial charge < -0.3 is 9.47 Å². The summed E-state index contributed by atoms with van der Waals surface area (Å²) in [6.45, 7) is 0. The van der Waals surface area contributed by atoms with Crippen molar-refractivity contribution >= 4 is 33.8 Å². The standard InChI is InChI=1S/C14H6N6O2S2/c1-21-11-9(7(3-15)4-16)23-13(19-11)14-20-12(22-2)10(24-14)8(5-17)6-18/h1-2H3/b14-13-. The molecule has 0 aliphatic carbocycles. The highest BCUT2D eigenvalue weighted by Crippen LogP contribution is 2.12. The molecule has 2 aromatic rings. The van der Waals surface area contributed by atoms with Gasteiger partial charge in [-0.2, -0.15) is 31.0 Å². The van der Waals surface area contributed by atoms with Crippen LogP contribution in [0.15, 0.2) is 0 Å². The number of hydrogen-bond donors (Lipinski definition) is 0. The number of ether oxygens (including phenoxy) is 2. The largest absolute Gasteiger partial charge is 0.480 e. The monoisotopic (exact) mass is 354 g/mol. The molecule has 0 unspecified atom stereocenters. The molecule has 0 aromatic carbocycles. The molecule has 0 aliphatic heterocycles. The SMILES string of the molecule is COc1n/c(=c2\nc(OC)c(=C(C#N)C#N)s2)sc1=C(C#N)C#N. The second-order valence-corrected chi connectivity index (χ2v) is 5.91. The van der Waals surface area contributed by atoms with E-state index in [1.807, 2.05) is 0 Å². The molecule has 0 N–H and O–H groups in total. The molecular formula is C14H6N6O2S2. The van der Waals surface area contributed by atoms with Crippen LogP contribution in [0, 0.1) is 54.7 Å². The first-order valence-corrected chi connectivity index (χ1v) is 7.71. The topological polar surface area (TPSA) is 139 Å². The highest BCUT2D eigenvalue weighted by atomic mass is 32.1. The summed E-state index contributed by atoms with van der Waals surface area (Å²) < 4.78 is 11.5. The van der Waals surface area contributed by atoms with Gasteiger partial charge in [0.05, 0.1) is 14.2 Å². The Kier molecular flexibility index (Phi) is 5.09. The number of hydrogen-bond acceptors (Lipinski definition) is 10. The summed E-state index contributed by atoms with van der Waals surface area (Å²) in [5.41, 5.74) is -0.249. The number of rotatable bonds is 2. The van der Waals surface area contributed by atoms with Gasteiger partial charge in [0.1, 0.15) is 33.3 Å². The summed E-state index contributed by atoms with van der Waals surface area (Å²) in [4.78, 5) is 8.41. The summed E-state index contributed by atoms with van der Waals surface area (Å²) in [5.74, 6) is 0.266. The molecule has 0 amide bonds. The van der Waals surface area contributed by atoms with E-state index in [-0.39, 0.29) is 32.0 Å². The Morgan fingerprint density at radius 3 is 1.33 bits per heavy atom. The van der Waals surface area contributed by atoms with Crippen LogP contribution in [0.25, 0.3) is 11.1 Å². The van der Waals surface area contributed by atoms with E-state index in [4.69, 9.17) is 30.5 Å². The Balaban J connectivity index is 3.04. The zero-order valence-electron chi connectivity index (χ0n) is 12.3. The molecule has 0 saturated heterocycles. The van der Waals surface area contributed by atoms with Crippen LogP contribution in [-0.2, 0) is 0 Å². The molecule has 116 valence electrons. The average Bonchev–Trinajstić information content (AvgIpc) is 3.21. The van der Waals surface area contributed by atoms with Crippen molar-refractivity contribution in [2.45, 2.75) is 0 Å². The molecule has 2 rings (SSSR count). The van der Waals surface area contributed by atoms with E-state index in [0.717, 1.165) is 22.7 Å². The van der Waals surface area contributed by atoms with Crippen LogP contribution in [0.5, 0.6) is 11.8 Å². The number of methoxy groups -OCH3 is 2. The van der Waals surface area contributed by atoms with E-state index in [9.17, 15) is 0 Å². The van der Waals surface area contributed by atoms with Crippen molar-refractivity contribution < 1.29 is 9.47 Å². The molecule has 0 fully saturated rings. The van der Waals surface area contributed by atoms with Gasteiger partial charge in [-0.05, 0) is 0 Å². The Labute approximate surface area is 143 Å². The number of aromatic nitrogens is 2. The molecule has 8 nitrogen and oxygen atoms in total. The van der Waals surface area contributed by atoms with Crippen LogP contribution in [0.1, 0.15) is 0 Å². The van der Waals surface area contributed by atoms with Crippen molar-refractivity contribution in [3.63, 3.8) is 0 Å². The number of nitriles is 4. The summed E-state index contributed by atoms with van der Waals surface area (Å²) >= 11 is 2.11. The summed E-state index contributed by atoms with van der Waals surface area (Å²) in [6.07, 6.45) is 0. The zero-order valence-corrected chi connectivity index (χ0v) is 13.9. The third kappa shape index (κ3) is 2.88. The first-order chi connectivity index (χ1) is 11.6. The van der Waals surface area contributed by atoms with Gasteiger partial charge in [-0.3, -0.25) is 0 Å².